The summed E-state index contributed by atoms with van der Waals surface area (Å²) in [5.41, 5.74) is 1.10. The molecule has 2 saturated heterocycles. The number of fused-ring (bicyclic) bond motifs is 1. The first kappa shape index (κ1) is 18.0. The SMILES string of the molecule is CCn1cc(CN2CCN(C(=O)CCC3CC3)[C@@H]3CS(=O)(=O)C[C@@H]32)cn1. The van der Waals surface area contributed by atoms with Crippen LogP contribution in [0.5, 0.6) is 0 Å². The first-order valence-corrected chi connectivity index (χ1v) is 11.5. The number of amides is 1. The lowest BCUT2D eigenvalue weighted by Gasteiger charge is -2.44. The van der Waals surface area contributed by atoms with Crippen LogP contribution in [0.4, 0.5) is 0 Å². The number of carbonyl (C=O) groups is 1. The quantitative estimate of drug-likeness (QED) is 0.733. The molecule has 1 aromatic rings. The molecule has 144 valence electrons. The van der Waals surface area contributed by atoms with E-state index in [1.54, 1.807) is 0 Å². The van der Waals surface area contributed by atoms with Gasteiger partial charge in [-0.3, -0.25) is 14.4 Å². The highest BCUT2D eigenvalue weighted by Crippen LogP contribution is 2.34. The third-order valence-corrected chi connectivity index (χ3v) is 7.67. The zero-order valence-corrected chi connectivity index (χ0v) is 16.2. The Bertz CT molecular complexity index is 771. The van der Waals surface area contributed by atoms with E-state index < -0.39 is 9.84 Å². The first-order valence-electron chi connectivity index (χ1n) is 9.70. The zero-order chi connectivity index (χ0) is 18.3. The van der Waals surface area contributed by atoms with Gasteiger partial charge in [0, 0.05) is 50.4 Å². The molecule has 1 aromatic heterocycles. The molecule has 1 aliphatic carbocycles. The Morgan fingerprint density at radius 3 is 2.69 bits per heavy atom. The number of hydrogen-bond donors (Lipinski definition) is 0. The number of rotatable bonds is 6. The van der Waals surface area contributed by atoms with Crippen molar-refractivity contribution in [1.29, 1.82) is 0 Å². The predicted molar refractivity (Wildman–Crippen MR) is 98.2 cm³/mol. The van der Waals surface area contributed by atoms with Crippen molar-refractivity contribution < 1.29 is 13.2 Å². The monoisotopic (exact) mass is 380 g/mol. The van der Waals surface area contributed by atoms with Crippen molar-refractivity contribution in [2.75, 3.05) is 24.6 Å². The molecule has 3 aliphatic rings. The smallest absolute Gasteiger partial charge is 0.222 e. The lowest BCUT2D eigenvalue weighted by molar-refractivity contribution is -0.137. The Morgan fingerprint density at radius 1 is 1.23 bits per heavy atom. The highest BCUT2D eigenvalue weighted by molar-refractivity contribution is 7.91. The van der Waals surface area contributed by atoms with Crippen molar-refractivity contribution in [3.8, 4) is 0 Å². The molecule has 1 saturated carbocycles. The normalized spacial score (nSPS) is 28.3. The van der Waals surface area contributed by atoms with Gasteiger partial charge in [0.15, 0.2) is 9.84 Å². The minimum Gasteiger partial charge on any atom is -0.336 e. The Kier molecular flexibility index (Phi) is 4.81. The molecule has 0 radical (unpaired) electrons. The molecule has 0 bridgehead atoms. The van der Waals surface area contributed by atoms with E-state index in [1.165, 1.54) is 12.8 Å². The molecule has 0 unspecified atom stereocenters. The number of carbonyl (C=O) groups excluding carboxylic acids is 1. The van der Waals surface area contributed by atoms with Crippen molar-refractivity contribution in [2.24, 2.45) is 5.92 Å². The molecule has 3 heterocycles. The molecule has 2 atom stereocenters. The van der Waals surface area contributed by atoms with Crippen LogP contribution in [0.15, 0.2) is 12.4 Å². The van der Waals surface area contributed by atoms with Crippen molar-refractivity contribution in [3.63, 3.8) is 0 Å². The van der Waals surface area contributed by atoms with Gasteiger partial charge in [0.2, 0.25) is 5.91 Å². The Balaban J connectivity index is 1.46. The molecule has 26 heavy (non-hydrogen) atoms. The molecular weight excluding hydrogens is 352 g/mol. The summed E-state index contributed by atoms with van der Waals surface area (Å²) in [4.78, 5) is 16.8. The number of nitrogens with zero attached hydrogens (tertiary/aromatic N) is 4. The van der Waals surface area contributed by atoms with Crippen LogP contribution in [0.1, 0.15) is 38.2 Å². The molecule has 8 heteroatoms. The van der Waals surface area contributed by atoms with E-state index in [1.807, 2.05) is 28.9 Å². The Labute approximate surface area is 155 Å². The maximum atomic E-state index is 12.7. The number of aromatic nitrogens is 2. The summed E-state index contributed by atoms with van der Waals surface area (Å²) in [6, 6.07) is -0.287. The molecule has 4 rings (SSSR count). The van der Waals surface area contributed by atoms with E-state index >= 15 is 0 Å². The van der Waals surface area contributed by atoms with Crippen LogP contribution in [-0.4, -0.2) is 70.6 Å². The number of sulfone groups is 1. The van der Waals surface area contributed by atoms with Crippen LogP contribution in [0.25, 0.3) is 0 Å². The van der Waals surface area contributed by atoms with Gasteiger partial charge in [-0.05, 0) is 19.3 Å². The second-order valence-corrected chi connectivity index (χ2v) is 10.1. The largest absolute Gasteiger partial charge is 0.336 e. The van der Waals surface area contributed by atoms with Gasteiger partial charge in [0.05, 0.1) is 23.7 Å². The fourth-order valence-electron chi connectivity index (χ4n) is 4.30. The molecule has 3 fully saturated rings. The number of hydrogen-bond acceptors (Lipinski definition) is 5. The average molecular weight is 381 g/mol. The maximum Gasteiger partial charge on any atom is 0.222 e. The average Bonchev–Trinajstić information content (AvgIpc) is 3.22. The molecule has 0 aromatic carbocycles. The van der Waals surface area contributed by atoms with E-state index in [4.69, 9.17) is 0 Å². The van der Waals surface area contributed by atoms with Crippen LogP contribution < -0.4 is 0 Å². The summed E-state index contributed by atoms with van der Waals surface area (Å²) in [5, 5.41) is 4.31. The van der Waals surface area contributed by atoms with E-state index in [2.05, 4.69) is 10.00 Å². The minimum atomic E-state index is -3.10. The summed E-state index contributed by atoms with van der Waals surface area (Å²) < 4.78 is 26.5. The third kappa shape index (κ3) is 3.81. The van der Waals surface area contributed by atoms with Crippen LogP contribution in [0, 0.1) is 5.92 Å². The van der Waals surface area contributed by atoms with Crippen molar-refractivity contribution in [1.82, 2.24) is 19.6 Å². The van der Waals surface area contributed by atoms with Crippen molar-refractivity contribution in [3.05, 3.63) is 18.0 Å². The molecule has 0 spiro atoms. The van der Waals surface area contributed by atoms with Gasteiger partial charge in [-0.1, -0.05) is 12.8 Å². The topological polar surface area (TPSA) is 75.5 Å². The molecular formula is C18H28N4O3S. The van der Waals surface area contributed by atoms with Gasteiger partial charge >= 0.3 is 0 Å². The van der Waals surface area contributed by atoms with Crippen molar-refractivity contribution in [2.45, 2.75) is 57.8 Å². The van der Waals surface area contributed by atoms with Gasteiger partial charge in [0.25, 0.3) is 0 Å². The lowest BCUT2D eigenvalue weighted by atomic mass is 10.0. The summed E-state index contributed by atoms with van der Waals surface area (Å²) >= 11 is 0. The second kappa shape index (κ2) is 6.96. The molecule has 7 nitrogen and oxygen atoms in total. The second-order valence-electron chi connectivity index (χ2n) is 7.96. The van der Waals surface area contributed by atoms with Crippen LogP contribution in [0.2, 0.25) is 0 Å². The summed E-state index contributed by atoms with van der Waals surface area (Å²) in [6.07, 6.45) is 7.89. The van der Waals surface area contributed by atoms with Gasteiger partial charge < -0.3 is 4.90 Å². The summed E-state index contributed by atoms with van der Waals surface area (Å²) in [6.45, 7) is 4.91. The first-order chi connectivity index (χ1) is 12.4. The van der Waals surface area contributed by atoms with E-state index in [9.17, 15) is 13.2 Å². The zero-order valence-electron chi connectivity index (χ0n) is 15.4. The molecule has 1 amide bonds. The maximum absolute atomic E-state index is 12.7. The van der Waals surface area contributed by atoms with E-state index in [0.29, 0.717) is 19.5 Å². The van der Waals surface area contributed by atoms with Gasteiger partial charge in [0.1, 0.15) is 0 Å². The van der Waals surface area contributed by atoms with Gasteiger partial charge in [-0.15, -0.1) is 0 Å². The fraction of sp³-hybridized carbons (Fsp3) is 0.778. The predicted octanol–water partition coefficient (Wildman–Crippen LogP) is 0.903. The molecule has 2 aliphatic heterocycles. The van der Waals surface area contributed by atoms with Crippen LogP contribution in [-0.2, 0) is 27.7 Å². The fourth-order valence-corrected chi connectivity index (χ4v) is 6.32. The van der Waals surface area contributed by atoms with E-state index in [0.717, 1.165) is 31.0 Å². The van der Waals surface area contributed by atoms with Crippen LogP contribution in [0.3, 0.4) is 0 Å². The summed E-state index contributed by atoms with van der Waals surface area (Å²) in [5.74, 6) is 1.13. The van der Waals surface area contributed by atoms with E-state index in [-0.39, 0.29) is 29.5 Å². The molecule has 0 N–H and O–H groups in total. The third-order valence-electron chi connectivity index (χ3n) is 5.97. The minimum absolute atomic E-state index is 0.0939. The van der Waals surface area contributed by atoms with Gasteiger partial charge in [-0.25, -0.2) is 8.42 Å². The van der Waals surface area contributed by atoms with Crippen molar-refractivity contribution >= 4 is 15.7 Å². The Hall–Kier alpha value is -1.41. The van der Waals surface area contributed by atoms with Gasteiger partial charge in [-0.2, -0.15) is 5.10 Å². The highest BCUT2D eigenvalue weighted by atomic mass is 32.2. The Morgan fingerprint density at radius 2 is 2.00 bits per heavy atom. The number of piperazine rings is 1. The summed E-state index contributed by atoms with van der Waals surface area (Å²) in [7, 11) is -3.10. The lowest BCUT2D eigenvalue weighted by Crippen LogP contribution is -2.60. The standard InChI is InChI=1S/C18H28N4O3S/c1-2-21-11-15(9-19-21)10-20-7-8-22(18(23)6-5-14-3-4-14)17-13-26(24,25)12-16(17)20/h9,11,14,16-17H,2-8,10,12-13H2,1H3/t16-,17+/m0/s1. The highest BCUT2D eigenvalue weighted by Gasteiger charge is 2.47. The van der Waals surface area contributed by atoms with Crippen LogP contribution >= 0.6 is 0 Å². The number of aryl methyl sites for hydroxylation is 1.